The number of rotatable bonds is 12. The number of alkyl halides is 2. The maximum absolute atomic E-state index is 4.84. The van der Waals surface area contributed by atoms with Gasteiger partial charge in [0.05, 0.1) is 71.5 Å². The molecule has 0 aliphatic rings. The molecule has 0 aliphatic heterocycles. The van der Waals surface area contributed by atoms with Crippen LogP contribution in [0.4, 0.5) is 0 Å². The molecule has 0 unspecified atom stereocenters. The quantitative estimate of drug-likeness (QED) is 0.113. The third-order valence-corrected chi connectivity index (χ3v) is 18.8. The van der Waals surface area contributed by atoms with Gasteiger partial charge in [0, 0.05) is 34.1 Å². The van der Waals surface area contributed by atoms with Gasteiger partial charge >= 0.3 is 0 Å². The Morgan fingerprint density at radius 1 is 0.182 bits per heavy atom. The lowest BCUT2D eigenvalue weighted by molar-refractivity contribution is 1.09. The zero-order valence-electron chi connectivity index (χ0n) is 53.0. The Balaban J connectivity index is 0.00000232. The normalized spacial score (nSPS) is 11.6. The van der Waals surface area contributed by atoms with E-state index < -0.39 is 0 Å². The van der Waals surface area contributed by atoms with Crippen molar-refractivity contribution in [3.63, 3.8) is 0 Å². The summed E-state index contributed by atoms with van der Waals surface area (Å²) in [7, 11) is 0. The average molecular weight is 1320 g/mol. The van der Waals surface area contributed by atoms with Crippen LogP contribution in [0.3, 0.4) is 0 Å². The molecule has 6 aromatic heterocycles. The molecule has 99 heavy (non-hydrogen) atoms. The van der Waals surface area contributed by atoms with Gasteiger partial charge in [0.1, 0.15) is 38.0 Å². The molecule has 0 fully saturated rings. The van der Waals surface area contributed by atoms with E-state index in [4.69, 9.17) is 53.1 Å². The van der Waals surface area contributed by atoms with Crippen LogP contribution in [-0.4, -0.2) is 62.6 Å². The van der Waals surface area contributed by atoms with Gasteiger partial charge in [-0.3, -0.25) is 27.4 Å². The summed E-state index contributed by atoms with van der Waals surface area (Å²) >= 11 is 9.53. The van der Waals surface area contributed by atoms with Crippen molar-refractivity contribution < 1.29 is 0 Å². The van der Waals surface area contributed by atoms with Crippen LogP contribution in [0.15, 0.2) is 329 Å². The van der Waals surface area contributed by atoms with E-state index in [1.807, 2.05) is 74.4 Å². The highest BCUT2D eigenvalue weighted by Crippen LogP contribution is 2.56. The van der Waals surface area contributed by atoms with E-state index >= 15 is 0 Å². The standard InChI is InChI=1S/C84H54N12.CH2Cl2/c1-7-19-73-67(13-1)85-49-91(73)61-37-25-55(26-38-61)79-80(56-27-39-62(40-28-56)92-50-86-68-14-2-8-20-74(68)92)82(58-31-43-64(44-32-58)94-52-88-70-16-4-10-22-76(70)94)84(60-35-47-66(48-36-60)96-54-90-72-18-6-12-24-78(72)96)83(59-33-45-65(46-34-59)95-53-89-71-17-5-11-23-77(71)95)81(79)57-29-41-63(42-30-57)93-51-87-69-15-3-9-21-75(69)93;2-1-3/h1-54H;1H2. The van der Waals surface area contributed by atoms with E-state index in [-0.39, 0.29) is 5.34 Å². The SMILES string of the molecule is ClCCl.c1ccc2c(c1)ncn2-c1ccc(-c2c(-c3ccc(-n4cnc5ccccc54)cc3)c(-c3ccc(-n4cnc5ccccc54)cc3)c(-c3ccc(-n4cnc5ccccc54)cc3)c(-c3ccc(-n4cnc5ccccc54)cc3)c2-c2ccc(-n3cnc4ccccc43)cc2)cc1. The lowest BCUT2D eigenvalue weighted by atomic mass is 9.74. The Hall–Kier alpha value is -12.7. The molecule has 0 saturated heterocycles. The number of hydrogen-bond donors (Lipinski definition) is 0. The van der Waals surface area contributed by atoms with Crippen molar-refractivity contribution in [3.8, 4) is 101 Å². The molecule has 0 bridgehead atoms. The summed E-state index contributed by atoms with van der Waals surface area (Å²) in [5, 5.41) is 0.194. The largest absolute Gasteiger partial charge is 0.299 e. The molecule has 470 valence electrons. The first-order valence-corrected chi connectivity index (χ1v) is 33.6. The van der Waals surface area contributed by atoms with E-state index in [2.05, 4.69) is 282 Å². The fraction of sp³-hybridized carbons (Fsp3) is 0.0118. The van der Waals surface area contributed by atoms with Crippen molar-refractivity contribution in [1.82, 2.24) is 57.3 Å². The van der Waals surface area contributed by atoms with Crippen molar-refractivity contribution in [2.45, 2.75) is 0 Å². The van der Waals surface area contributed by atoms with Crippen molar-refractivity contribution in [2.75, 3.05) is 5.34 Å². The van der Waals surface area contributed by atoms with Gasteiger partial charge in [-0.05, 0) is 212 Å². The van der Waals surface area contributed by atoms with Crippen LogP contribution in [0.2, 0.25) is 0 Å². The predicted octanol–water partition coefficient (Wildman–Crippen LogP) is 21.1. The first kappa shape index (κ1) is 58.8. The van der Waals surface area contributed by atoms with Gasteiger partial charge in [-0.1, -0.05) is 146 Å². The summed E-state index contributed by atoms with van der Waals surface area (Å²) in [6, 6.07) is 104. The maximum Gasteiger partial charge on any atom is 0.100 e. The Morgan fingerprint density at radius 2 is 0.313 bits per heavy atom. The number of halogens is 2. The Kier molecular flexibility index (Phi) is 14.7. The van der Waals surface area contributed by atoms with Gasteiger partial charge in [-0.15, -0.1) is 23.2 Å². The van der Waals surface area contributed by atoms with Crippen LogP contribution in [0.5, 0.6) is 0 Å². The molecular weight excluding hydrogens is 1260 g/mol. The second kappa shape index (κ2) is 24.8. The third-order valence-electron chi connectivity index (χ3n) is 18.8. The summed E-state index contributed by atoms with van der Waals surface area (Å²) in [6.45, 7) is 0. The van der Waals surface area contributed by atoms with Crippen LogP contribution >= 0.6 is 23.2 Å². The first-order valence-electron chi connectivity index (χ1n) is 32.6. The molecule has 0 radical (unpaired) electrons. The van der Waals surface area contributed by atoms with E-state index in [1.165, 1.54) is 0 Å². The topological polar surface area (TPSA) is 107 Å². The fourth-order valence-corrected chi connectivity index (χ4v) is 14.2. The Morgan fingerprint density at radius 3 is 0.455 bits per heavy atom. The van der Waals surface area contributed by atoms with E-state index in [0.29, 0.717) is 0 Å². The number of fused-ring (bicyclic) bond motifs is 6. The number of benzene rings is 13. The molecule has 14 heteroatoms. The Bertz CT molecular complexity index is 5200. The second-order valence-electron chi connectivity index (χ2n) is 24.3. The van der Waals surface area contributed by atoms with E-state index in [0.717, 1.165) is 167 Å². The molecule has 0 spiro atoms. The molecule has 0 amide bonds. The van der Waals surface area contributed by atoms with E-state index in [9.17, 15) is 0 Å². The van der Waals surface area contributed by atoms with Gasteiger partial charge in [0.15, 0.2) is 0 Å². The number of aromatic nitrogens is 12. The summed E-state index contributed by atoms with van der Waals surface area (Å²) in [5.74, 6) is 0. The number of imidazole rings is 6. The minimum Gasteiger partial charge on any atom is -0.299 e. The molecule has 19 aromatic rings. The van der Waals surface area contributed by atoms with Crippen LogP contribution in [0.1, 0.15) is 0 Å². The minimum atomic E-state index is 0.194. The lowest BCUT2D eigenvalue weighted by Gasteiger charge is -2.29. The molecule has 0 N–H and O–H groups in total. The molecule has 0 aliphatic carbocycles. The first-order chi connectivity index (χ1) is 49.0. The minimum absolute atomic E-state index is 0.194. The maximum atomic E-state index is 4.84. The summed E-state index contributed by atoms with van der Waals surface area (Å²) in [5.41, 5.74) is 30.3. The molecule has 0 atom stereocenters. The van der Waals surface area contributed by atoms with Crippen LogP contribution < -0.4 is 0 Å². The molecule has 6 heterocycles. The summed E-state index contributed by atoms with van der Waals surface area (Å²) < 4.78 is 13.0. The molecular formula is C85H56Cl2N12. The van der Waals surface area contributed by atoms with Gasteiger partial charge < -0.3 is 0 Å². The molecule has 12 nitrogen and oxygen atoms in total. The van der Waals surface area contributed by atoms with Gasteiger partial charge in [-0.2, -0.15) is 0 Å². The van der Waals surface area contributed by atoms with Gasteiger partial charge in [0.25, 0.3) is 0 Å². The fourth-order valence-electron chi connectivity index (χ4n) is 14.2. The molecule has 19 rings (SSSR count). The van der Waals surface area contributed by atoms with Crippen molar-refractivity contribution in [3.05, 3.63) is 329 Å². The lowest BCUT2D eigenvalue weighted by Crippen LogP contribution is -2.03. The highest BCUT2D eigenvalue weighted by Gasteiger charge is 2.30. The third kappa shape index (κ3) is 10.3. The van der Waals surface area contributed by atoms with Crippen LogP contribution in [0, 0.1) is 0 Å². The number of nitrogens with zero attached hydrogens (tertiary/aromatic N) is 12. The summed E-state index contributed by atoms with van der Waals surface area (Å²) in [6.07, 6.45) is 11.5. The summed E-state index contributed by atoms with van der Waals surface area (Å²) in [4.78, 5) is 29.0. The van der Waals surface area contributed by atoms with Crippen molar-refractivity contribution in [2.24, 2.45) is 0 Å². The van der Waals surface area contributed by atoms with Crippen molar-refractivity contribution in [1.29, 1.82) is 0 Å². The second-order valence-corrected chi connectivity index (χ2v) is 25.1. The van der Waals surface area contributed by atoms with Crippen molar-refractivity contribution >= 4 is 89.4 Å². The van der Waals surface area contributed by atoms with Crippen LogP contribution in [-0.2, 0) is 0 Å². The molecule has 0 saturated carbocycles. The van der Waals surface area contributed by atoms with Gasteiger partial charge in [0.2, 0.25) is 0 Å². The van der Waals surface area contributed by atoms with Gasteiger partial charge in [-0.25, -0.2) is 29.9 Å². The van der Waals surface area contributed by atoms with E-state index in [1.54, 1.807) is 0 Å². The highest BCUT2D eigenvalue weighted by atomic mass is 35.5. The number of hydrogen-bond acceptors (Lipinski definition) is 6. The number of para-hydroxylation sites is 12. The monoisotopic (exact) mass is 1310 g/mol. The van der Waals surface area contributed by atoms with Crippen LogP contribution in [0.25, 0.3) is 167 Å². The average Bonchev–Trinajstić information content (AvgIpc) is 1.64. The zero-order chi connectivity index (χ0) is 65.9. The Labute approximate surface area is 578 Å². The smallest absolute Gasteiger partial charge is 0.100 e. The molecule has 13 aromatic carbocycles. The highest BCUT2D eigenvalue weighted by molar-refractivity contribution is 6.40. The predicted molar refractivity (Wildman–Crippen MR) is 403 cm³/mol. The zero-order valence-corrected chi connectivity index (χ0v) is 54.5.